The number of aromatic nitrogens is 4. The van der Waals surface area contributed by atoms with Crippen molar-refractivity contribution < 1.29 is 4.79 Å². The summed E-state index contributed by atoms with van der Waals surface area (Å²) < 4.78 is 0. The van der Waals surface area contributed by atoms with Gasteiger partial charge < -0.3 is 24.9 Å². The first-order chi connectivity index (χ1) is 14.0. The summed E-state index contributed by atoms with van der Waals surface area (Å²) in [5, 5.41) is 16.0. The van der Waals surface area contributed by atoms with Crippen LogP contribution in [0.5, 0.6) is 0 Å². The van der Waals surface area contributed by atoms with Gasteiger partial charge in [0, 0.05) is 76.4 Å². The van der Waals surface area contributed by atoms with Crippen molar-refractivity contribution in [3.63, 3.8) is 0 Å². The van der Waals surface area contributed by atoms with Crippen molar-refractivity contribution in [2.75, 3.05) is 76.5 Å². The van der Waals surface area contributed by atoms with Crippen molar-refractivity contribution in [2.24, 2.45) is 9.98 Å². The summed E-state index contributed by atoms with van der Waals surface area (Å²) >= 11 is 0. The molecule has 1 aromatic heterocycles. The number of H-pyrrole nitrogens is 1. The van der Waals surface area contributed by atoms with Crippen molar-refractivity contribution in [1.29, 1.82) is 0 Å². The average Bonchev–Trinajstić information content (AvgIpc) is 3.32. The minimum Gasteiger partial charge on any atom is -0.367 e. The molecule has 1 saturated heterocycles. The Balaban J connectivity index is 0. The van der Waals surface area contributed by atoms with Crippen LogP contribution in [-0.4, -0.2) is 134 Å². The third-order valence-corrected chi connectivity index (χ3v) is 3.98. The summed E-state index contributed by atoms with van der Waals surface area (Å²) in [6.45, 7) is 6.36. The van der Waals surface area contributed by atoms with Gasteiger partial charge >= 0.3 is 0 Å². The van der Waals surface area contributed by atoms with Crippen LogP contribution in [-0.2, 0) is 11.3 Å². The SMILES string of the molecule is CC(=O)N(C)C.CN=C(C)N(C)C.CN=C1N(C)CCN1C.CNCc1nn[nH]n1. The number of aromatic amines is 1. The molecule has 0 aliphatic carbocycles. The number of carbonyl (C=O) groups is 1. The Kier molecular flexibility index (Phi) is 16.8. The number of amidine groups is 1. The zero-order valence-corrected chi connectivity index (χ0v) is 20.6. The highest BCUT2D eigenvalue weighted by Crippen LogP contribution is 2.01. The minimum absolute atomic E-state index is 0.0926. The van der Waals surface area contributed by atoms with Gasteiger partial charge in [0.05, 0.1) is 12.4 Å². The van der Waals surface area contributed by atoms with Gasteiger partial charge in [-0.2, -0.15) is 5.21 Å². The maximum absolute atomic E-state index is 10.1. The predicted octanol–water partition coefficient (Wildman–Crippen LogP) is -0.541. The summed E-state index contributed by atoms with van der Waals surface area (Å²) in [7, 11) is 17.0. The maximum Gasteiger partial charge on any atom is 0.218 e. The van der Waals surface area contributed by atoms with E-state index in [2.05, 4.69) is 59.8 Å². The Labute approximate surface area is 181 Å². The molecule has 0 saturated carbocycles. The second kappa shape index (κ2) is 17.1. The number of guanidine groups is 1. The Bertz CT molecular complexity index is 600. The first-order valence-electron chi connectivity index (χ1n) is 9.56. The summed E-state index contributed by atoms with van der Waals surface area (Å²) in [5.74, 6) is 2.93. The van der Waals surface area contributed by atoms with Crippen molar-refractivity contribution >= 4 is 17.7 Å². The Hall–Kier alpha value is -2.76. The van der Waals surface area contributed by atoms with Crippen molar-refractivity contribution in [1.82, 2.24) is 45.5 Å². The smallest absolute Gasteiger partial charge is 0.218 e. The molecule has 1 aromatic rings. The maximum atomic E-state index is 10.1. The molecule has 0 atom stereocenters. The third kappa shape index (κ3) is 14.3. The number of aliphatic imine (C=N–C) groups is 2. The van der Waals surface area contributed by atoms with E-state index in [0.717, 1.165) is 24.9 Å². The molecular weight excluding hydrogens is 386 g/mol. The number of amides is 1. The van der Waals surface area contributed by atoms with Crippen LogP contribution < -0.4 is 5.32 Å². The molecule has 0 radical (unpaired) electrons. The van der Waals surface area contributed by atoms with Gasteiger partial charge in [0.1, 0.15) is 0 Å². The number of tetrazole rings is 1. The van der Waals surface area contributed by atoms with E-state index in [0.29, 0.717) is 12.4 Å². The standard InChI is InChI=1S/C6H13N3.C5H12N2.C4H9NO.C3H7N5/c1-7-6-8(2)4-5-9(6)3;1-5(6-2)7(3)4;1-4(6)5(2)3;1-4-2-3-5-7-8-6-3/h4-5H2,1-3H3;1-4H3;1-3H3;4H,2H2,1H3,(H,5,6,7,8). The largest absolute Gasteiger partial charge is 0.367 e. The Morgan fingerprint density at radius 2 is 1.60 bits per heavy atom. The molecular formula is C18H41N11O. The first-order valence-corrected chi connectivity index (χ1v) is 9.56. The molecule has 1 fully saturated rings. The van der Waals surface area contributed by atoms with Crippen LogP contribution in [0.4, 0.5) is 0 Å². The molecule has 2 rings (SSSR count). The Morgan fingerprint density at radius 1 is 1.10 bits per heavy atom. The van der Waals surface area contributed by atoms with E-state index in [9.17, 15) is 4.79 Å². The number of likely N-dealkylation sites (N-methyl/N-ethyl adjacent to an activating group) is 2. The lowest BCUT2D eigenvalue weighted by Gasteiger charge is -2.13. The third-order valence-electron chi connectivity index (χ3n) is 3.98. The number of hydrogen-bond donors (Lipinski definition) is 2. The molecule has 1 aliphatic heterocycles. The molecule has 30 heavy (non-hydrogen) atoms. The normalized spacial score (nSPS) is 12.6. The van der Waals surface area contributed by atoms with E-state index in [1.165, 1.54) is 11.8 Å². The van der Waals surface area contributed by atoms with Crippen molar-refractivity contribution in [3.8, 4) is 0 Å². The minimum atomic E-state index is 0.0926. The van der Waals surface area contributed by atoms with Crippen LogP contribution in [0.1, 0.15) is 19.7 Å². The second-order valence-corrected chi connectivity index (χ2v) is 6.80. The van der Waals surface area contributed by atoms with E-state index in [1.807, 2.05) is 40.0 Å². The van der Waals surface area contributed by atoms with Crippen LogP contribution in [0.25, 0.3) is 0 Å². The zero-order valence-electron chi connectivity index (χ0n) is 20.6. The van der Waals surface area contributed by atoms with Crippen LogP contribution in [0.15, 0.2) is 9.98 Å². The molecule has 12 heteroatoms. The highest BCUT2D eigenvalue weighted by Gasteiger charge is 2.17. The fourth-order valence-electron chi connectivity index (χ4n) is 1.75. The van der Waals surface area contributed by atoms with E-state index in [1.54, 1.807) is 21.1 Å². The first kappa shape index (κ1) is 29.4. The van der Waals surface area contributed by atoms with E-state index in [4.69, 9.17) is 0 Å². The number of nitrogens with zero attached hydrogens (tertiary/aromatic N) is 9. The molecule has 2 heterocycles. The molecule has 0 bridgehead atoms. The van der Waals surface area contributed by atoms with Gasteiger partial charge in [0.2, 0.25) is 5.91 Å². The number of nitrogens with one attached hydrogen (secondary N) is 2. The highest BCUT2D eigenvalue weighted by molar-refractivity contribution is 5.81. The molecule has 0 unspecified atom stereocenters. The van der Waals surface area contributed by atoms with Crippen LogP contribution in [0.2, 0.25) is 0 Å². The fourth-order valence-corrected chi connectivity index (χ4v) is 1.75. The van der Waals surface area contributed by atoms with Gasteiger partial charge in [0.15, 0.2) is 11.8 Å². The van der Waals surface area contributed by atoms with Crippen molar-refractivity contribution in [2.45, 2.75) is 20.4 Å². The Morgan fingerprint density at radius 3 is 1.80 bits per heavy atom. The van der Waals surface area contributed by atoms with E-state index in [-0.39, 0.29) is 5.91 Å². The van der Waals surface area contributed by atoms with Crippen LogP contribution in [0.3, 0.4) is 0 Å². The van der Waals surface area contributed by atoms with Crippen molar-refractivity contribution in [3.05, 3.63) is 5.82 Å². The van der Waals surface area contributed by atoms with Gasteiger partial charge in [0.25, 0.3) is 0 Å². The number of hydrogen-bond acceptors (Lipinski definition) is 7. The average molecular weight is 428 g/mol. The predicted molar refractivity (Wildman–Crippen MR) is 123 cm³/mol. The van der Waals surface area contributed by atoms with E-state index >= 15 is 0 Å². The molecule has 12 nitrogen and oxygen atoms in total. The summed E-state index contributed by atoms with van der Waals surface area (Å²) in [4.78, 5) is 25.9. The number of rotatable bonds is 2. The van der Waals surface area contributed by atoms with Gasteiger partial charge in [-0.1, -0.05) is 5.21 Å². The van der Waals surface area contributed by atoms with Crippen LogP contribution >= 0.6 is 0 Å². The fraction of sp³-hybridized carbons (Fsp3) is 0.778. The van der Waals surface area contributed by atoms with Gasteiger partial charge in [-0.05, 0) is 14.0 Å². The molecule has 1 aliphatic rings. The molecule has 2 N–H and O–H groups in total. The quantitative estimate of drug-likeness (QED) is 0.477. The van der Waals surface area contributed by atoms with E-state index < -0.39 is 0 Å². The number of carbonyl (C=O) groups excluding carboxylic acids is 1. The lowest BCUT2D eigenvalue weighted by Crippen LogP contribution is -2.27. The summed E-state index contributed by atoms with van der Waals surface area (Å²) in [6.07, 6.45) is 0. The van der Waals surface area contributed by atoms with Gasteiger partial charge in [-0.25, -0.2) is 0 Å². The lowest BCUT2D eigenvalue weighted by atomic mass is 10.6. The molecule has 174 valence electrons. The van der Waals surface area contributed by atoms with Crippen LogP contribution in [0, 0.1) is 0 Å². The highest BCUT2D eigenvalue weighted by atomic mass is 16.2. The monoisotopic (exact) mass is 427 g/mol. The summed E-state index contributed by atoms with van der Waals surface area (Å²) in [5.41, 5.74) is 0. The lowest BCUT2D eigenvalue weighted by molar-refractivity contribution is -0.126. The zero-order chi connectivity index (χ0) is 23.7. The summed E-state index contributed by atoms with van der Waals surface area (Å²) in [6, 6.07) is 0. The molecule has 0 spiro atoms. The topological polar surface area (TPSA) is 121 Å². The molecule has 1 amide bonds. The molecule has 0 aromatic carbocycles. The van der Waals surface area contributed by atoms with Gasteiger partial charge in [-0.3, -0.25) is 14.8 Å². The van der Waals surface area contributed by atoms with Gasteiger partial charge in [-0.15, -0.1) is 10.2 Å². The second-order valence-electron chi connectivity index (χ2n) is 6.80.